The molecule has 8 heteroatoms. The average molecular weight is 439 g/mol. The number of hydrogen-bond acceptors (Lipinski definition) is 6. The Balaban J connectivity index is 1.66. The van der Waals surface area contributed by atoms with Crippen molar-refractivity contribution in [3.63, 3.8) is 0 Å². The molecule has 0 unspecified atom stereocenters. The van der Waals surface area contributed by atoms with Gasteiger partial charge in [-0.05, 0) is 37.3 Å². The zero-order valence-corrected chi connectivity index (χ0v) is 17.9. The number of halogens is 1. The molecule has 0 saturated carbocycles. The van der Waals surface area contributed by atoms with E-state index in [-0.39, 0.29) is 17.7 Å². The summed E-state index contributed by atoms with van der Waals surface area (Å²) < 4.78 is 5.02. The molecule has 2 aromatic rings. The molecule has 1 amide bonds. The van der Waals surface area contributed by atoms with E-state index in [1.807, 2.05) is 35.2 Å². The van der Waals surface area contributed by atoms with Gasteiger partial charge in [0.1, 0.15) is 11.6 Å². The van der Waals surface area contributed by atoms with Gasteiger partial charge in [-0.1, -0.05) is 29.8 Å². The van der Waals surface area contributed by atoms with E-state index in [9.17, 15) is 14.9 Å². The lowest BCUT2D eigenvalue weighted by Crippen LogP contribution is -2.44. The highest BCUT2D eigenvalue weighted by Crippen LogP contribution is 2.21. The van der Waals surface area contributed by atoms with Gasteiger partial charge >= 0.3 is 5.97 Å². The van der Waals surface area contributed by atoms with E-state index in [2.05, 4.69) is 10.2 Å². The van der Waals surface area contributed by atoms with Crippen molar-refractivity contribution in [2.24, 2.45) is 0 Å². The Kier molecular flexibility index (Phi) is 7.52. The quantitative estimate of drug-likeness (QED) is 0.420. The Morgan fingerprint density at radius 2 is 1.90 bits per heavy atom. The van der Waals surface area contributed by atoms with Gasteiger partial charge in [-0.25, -0.2) is 4.79 Å². The van der Waals surface area contributed by atoms with Gasteiger partial charge < -0.3 is 19.9 Å². The van der Waals surface area contributed by atoms with Crippen LogP contribution in [-0.2, 0) is 9.53 Å². The van der Waals surface area contributed by atoms with Crippen molar-refractivity contribution < 1.29 is 14.3 Å². The number of anilines is 2. The van der Waals surface area contributed by atoms with E-state index >= 15 is 0 Å². The van der Waals surface area contributed by atoms with Crippen LogP contribution in [0.25, 0.3) is 0 Å². The fourth-order valence-corrected chi connectivity index (χ4v) is 3.46. The molecule has 160 valence electrons. The molecule has 1 aliphatic heterocycles. The number of nitrogens with one attached hydrogen (secondary N) is 1. The highest BCUT2D eigenvalue weighted by molar-refractivity contribution is 6.30. The molecule has 1 fully saturated rings. The Morgan fingerprint density at radius 3 is 2.58 bits per heavy atom. The van der Waals surface area contributed by atoms with Crippen LogP contribution < -0.4 is 10.2 Å². The van der Waals surface area contributed by atoms with Crippen LogP contribution in [-0.4, -0.2) is 49.6 Å². The minimum atomic E-state index is -0.573. The van der Waals surface area contributed by atoms with Crippen molar-refractivity contribution in [1.29, 1.82) is 5.26 Å². The van der Waals surface area contributed by atoms with Crippen LogP contribution in [0, 0.1) is 11.3 Å². The van der Waals surface area contributed by atoms with E-state index in [1.54, 1.807) is 37.4 Å². The molecule has 0 aromatic heterocycles. The molecule has 31 heavy (non-hydrogen) atoms. The van der Waals surface area contributed by atoms with Crippen LogP contribution in [0.4, 0.5) is 11.4 Å². The molecule has 0 radical (unpaired) electrons. The van der Waals surface area contributed by atoms with Crippen molar-refractivity contribution in [3.05, 3.63) is 70.9 Å². The molecule has 1 saturated heterocycles. The zero-order chi connectivity index (χ0) is 22.2. The first-order valence-corrected chi connectivity index (χ1v) is 10.3. The number of piperazine rings is 1. The molecule has 0 spiro atoms. The first kappa shape index (κ1) is 22.2. The second kappa shape index (κ2) is 10.5. The van der Waals surface area contributed by atoms with E-state index in [1.165, 1.54) is 0 Å². The van der Waals surface area contributed by atoms with Crippen molar-refractivity contribution in [1.82, 2.24) is 4.90 Å². The number of carbonyl (C=O) groups is 2. The smallest absolute Gasteiger partial charge is 0.340 e. The molecule has 0 aliphatic carbocycles. The summed E-state index contributed by atoms with van der Waals surface area (Å²) in [7, 11) is 0. The summed E-state index contributed by atoms with van der Waals surface area (Å²) in [5.41, 5.74) is 1.56. The third-order valence-corrected chi connectivity index (χ3v) is 5.07. The van der Waals surface area contributed by atoms with Crippen LogP contribution in [0.2, 0.25) is 5.02 Å². The van der Waals surface area contributed by atoms with Crippen molar-refractivity contribution >= 4 is 34.9 Å². The SMILES string of the molecule is CCOC(=O)c1ccccc1NC(=O)/C(C#N)=C\N1CCN(c2cccc(Cl)c2)CC1. The second-order valence-electron chi connectivity index (χ2n) is 6.88. The summed E-state index contributed by atoms with van der Waals surface area (Å²) in [6.45, 7) is 4.73. The molecule has 1 heterocycles. The third-order valence-electron chi connectivity index (χ3n) is 4.83. The topological polar surface area (TPSA) is 85.7 Å². The maximum Gasteiger partial charge on any atom is 0.340 e. The summed E-state index contributed by atoms with van der Waals surface area (Å²) in [6, 6.07) is 16.2. The van der Waals surface area contributed by atoms with Crippen LogP contribution >= 0.6 is 11.6 Å². The van der Waals surface area contributed by atoms with Crippen molar-refractivity contribution in [3.8, 4) is 6.07 Å². The van der Waals surface area contributed by atoms with E-state index in [0.717, 1.165) is 18.8 Å². The van der Waals surface area contributed by atoms with Gasteiger partial charge in [0, 0.05) is 43.1 Å². The van der Waals surface area contributed by atoms with Gasteiger partial charge in [0.2, 0.25) is 0 Å². The Morgan fingerprint density at radius 1 is 1.16 bits per heavy atom. The predicted octanol–water partition coefficient (Wildman–Crippen LogP) is 3.68. The van der Waals surface area contributed by atoms with Gasteiger partial charge in [-0.3, -0.25) is 4.79 Å². The van der Waals surface area contributed by atoms with E-state index < -0.39 is 11.9 Å². The number of hydrogen-bond donors (Lipinski definition) is 1. The molecule has 1 N–H and O–H groups in total. The molecule has 2 aromatic carbocycles. The molecule has 1 aliphatic rings. The normalized spacial score (nSPS) is 14.0. The maximum atomic E-state index is 12.7. The molecule has 0 atom stereocenters. The van der Waals surface area contributed by atoms with E-state index in [4.69, 9.17) is 16.3 Å². The summed E-state index contributed by atoms with van der Waals surface area (Å²) in [6.07, 6.45) is 1.57. The first-order valence-electron chi connectivity index (χ1n) is 9.95. The van der Waals surface area contributed by atoms with Crippen LogP contribution in [0.15, 0.2) is 60.3 Å². The number of nitriles is 1. The summed E-state index contributed by atoms with van der Waals surface area (Å²) in [5, 5.41) is 12.8. The van der Waals surface area contributed by atoms with E-state index in [0.29, 0.717) is 23.8 Å². The molecule has 3 rings (SSSR count). The minimum absolute atomic E-state index is 0.0325. The van der Waals surface area contributed by atoms with Gasteiger partial charge in [0.25, 0.3) is 5.91 Å². The average Bonchev–Trinajstić information content (AvgIpc) is 2.78. The van der Waals surface area contributed by atoms with Gasteiger partial charge in [-0.2, -0.15) is 5.26 Å². The molecule has 0 bridgehead atoms. The van der Waals surface area contributed by atoms with Crippen molar-refractivity contribution in [2.75, 3.05) is 43.0 Å². The van der Waals surface area contributed by atoms with Gasteiger partial charge in [0.15, 0.2) is 0 Å². The number of ether oxygens (including phenoxy) is 1. The highest BCUT2D eigenvalue weighted by Gasteiger charge is 2.19. The number of esters is 1. The minimum Gasteiger partial charge on any atom is -0.462 e. The Bertz CT molecular complexity index is 1020. The number of amides is 1. The summed E-state index contributed by atoms with van der Waals surface area (Å²) >= 11 is 6.07. The number of rotatable bonds is 6. The molecular weight excluding hydrogens is 416 g/mol. The lowest BCUT2D eigenvalue weighted by atomic mass is 10.1. The first-order chi connectivity index (χ1) is 15.0. The van der Waals surface area contributed by atoms with Gasteiger partial charge in [-0.15, -0.1) is 0 Å². The lowest BCUT2D eigenvalue weighted by Gasteiger charge is -2.35. The second-order valence-corrected chi connectivity index (χ2v) is 7.31. The van der Waals surface area contributed by atoms with Crippen molar-refractivity contribution in [2.45, 2.75) is 6.92 Å². The standard InChI is InChI=1S/C23H23ClN4O3/c1-2-31-23(30)20-8-3-4-9-21(20)26-22(29)17(15-25)16-27-10-12-28(13-11-27)19-7-5-6-18(24)14-19/h3-9,14,16H,2,10-13H2,1H3,(H,26,29)/b17-16-. The van der Waals surface area contributed by atoms with Gasteiger partial charge in [0.05, 0.1) is 17.9 Å². The van der Waals surface area contributed by atoms with Crippen LogP contribution in [0.3, 0.4) is 0 Å². The Labute approximate surface area is 186 Å². The maximum absolute atomic E-state index is 12.7. The lowest BCUT2D eigenvalue weighted by molar-refractivity contribution is -0.112. The summed E-state index contributed by atoms with van der Waals surface area (Å²) in [5.74, 6) is -1.10. The fraction of sp³-hybridized carbons (Fsp3) is 0.261. The van der Waals surface area contributed by atoms with Crippen LogP contribution in [0.1, 0.15) is 17.3 Å². The highest BCUT2D eigenvalue weighted by atomic mass is 35.5. The number of carbonyl (C=O) groups excluding carboxylic acids is 2. The largest absolute Gasteiger partial charge is 0.462 e. The molecule has 7 nitrogen and oxygen atoms in total. The number of nitrogens with zero attached hydrogens (tertiary/aromatic N) is 3. The number of benzene rings is 2. The monoisotopic (exact) mass is 438 g/mol. The Hall–Kier alpha value is -3.50. The predicted molar refractivity (Wildman–Crippen MR) is 120 cm³/mol. The third kappa shape index (κ3) is 5.77. The fourth-order valence-electron chi connectivity index (χ4n) is 3.27. The number of para-hydroxylation sites is 1. The summed E-state index contributed by atoms with van der Waals surface area (Å²) in [4.78, 5) is 28.9. The zero-order valence-electron chi connectivity index (χ0n) is 17.2. The van der Waals surface area contributed by atoms with Crippen LogP contribution in [0.5, 0.6) is 0 Å². The molecular formula is C23H23ClN4O3.